The van der Waals surface area contributed by atoms with Crippen molar-refractivity contribution >= 4 is 50.0 Å². The Bertz CT molecular complexity index is 822. The van der Waals surface area contributed by atoms with Crippen LogP contribution in [0.3, 0.4) is 0 Å². The van der Waals surface area contributed by atoms with Crippen LogP contribution in [-0.4, -0.2) is 32.8 Å². The molecule has 0 atom stereocenters. The first-order valence-corrected chi connectivity index (χ1v) is 9.76. The minimum absolute atomic E-state index is 0.212. The highest BCUT2D eigenvalue weighted by Gasteiger charge is 2.32. The Morgan fingerprint density at radius 3 is 2.91 bits per heavy atom. The maximum Gasteiger partial charge on any atom is 0.245 e. The Morgan fingerprint density at radius 2 is 2.18 bits per heavy atom. The van der Waals surface area contributed by atoms with Crippen molar-refractivity contribution < 1.29 is 13.2 Å². The summed E-state index contributed by atoms with van der Waals surface area (Å²) in [4.78, 5) is 13.6. The summed E-state index contributed by atoms with van der Waals surface area (Å²) in [7, 11) is -1.91. The van der Waals surface area contributed by atoms with Crippen LogP contribution in [0.2, 0.25) is 0 Å². The standard InChI is InChI=1S/C13H13N3O3S3/c1-16-11-4-6-21-13(11)10(8-22(16,18)19)14-15-12(17)7-9-3-2-5-20-9/h2-6H,7-8H2,1H3,(H,15,17). The third kappa shape index (κ3) is 2.92. The van der Waals surface area contributed by atoms with Gasteiger partial charge in [0.1, 0.15) is 5.75 Å². The van der Waals surface area contributed by atoms with Crippen molar-refractivity contribution in [2.75, 3.05) is 17.1 Å². The number of carbonyl (C=O) groups is 1. The summed E-state index contributed by atoms with van der Waals surface area (Å²) >= 11 is 2.90. The third-order valence-corrected chi connectivity index (χ3v) is 6.71. The molecule has 2 aromatic rings. The number of rotatable bonds is 3. The van der Waals surface area contributed by atoms with E-state index in [1.54, 1.807) is 6.07 Å². The highest BCUT2D eigenvalue weighted by Crippen LogP contribution is 2.32. The number of thiophene rings is 2. The zero-order valence-corrected chi connectivity index (χ0v) is 14.1. The first-order valence-electron chi connectivity index (χ1n) is 6.39. The van der Waals surface area contributed by atoms with Gasteiger partial charge in [-0.05, 0) is 22.9 Å². The molecule has 1 N–H and O–H groups in total. The summed E-state index contributed by atoms with van der Waals surface area (Å²) < 4.78 is 25.4. The molecule has 0 fully saturated rings. The molecule has 3 rings (SSSR count). The topological polar surface area (TPSA) is 78.8 Å². The average Bonchev–Trinajstić information content (AvgIpc) is 3.12. The SMILES string of the molecule is CN1c2ccsc2C(=NNC(=O)Cc2cccs2)CS1(=O)=O. The second kappa shape index (κ2) is 5.82. The maximum atomic E-state index is 12.1. The van der Waals surface area contributed by atoms with E-state index < -0.39 is 10.0 Å². The fourth-order valence-electron chi connectivity index (χ4n) is 2.08. The van der Waals surface area contributed by atoms with Gasteiger partial charge < -0.3 is 0 Å². The van der Waals surface area contributed by atoms with Crippen LogP contribution in [0.5, 0.6) is 0 Å². The van der Waals surface area contributed by atoms with E-state index in [4.69, 9.17) is 0 Å². The van der Waals surface area contributed by atoms with E-state index in [0.717, 1.165) is 9.75 Å². The molecule has 1 aliphatic heterocycles. The Balaban J connectivity index is 1.80. The number of carbonyl (C=O) groups excluding carboxylic acids is 1. The average molecular weight is 355 g/mol. The lowest BCUT2D eigenvalue weighted by molar-refractivity contribution is -0.120. The second-order valence-electron chi connectivity index (χ2n) is 4.71. The first-order chi connectivity index (χ1) is 10.5. The molecule has 0 bridgehead atoms. The Kier molecular flexibility index (Phi) is 4.02. The number of hydrazone groups is 1. The summed E-state index contributed by atoms with van der Waals surface area (Å²) in [6.45, 7) is 0. The van der Waals surface area contributed by atoms with E-state index in [0.29, 0.717) is 11.4 Å². The fraction of sp³-hybridized carbons (Fsp3) is 0.231. The summed E-state index contributed by atoms with van der Waals surface area (Å²) in [5, 5.41) is 7.74. The van der Waals surface area contributed by atoms with E-state index in [2.05, 4.69) is 10.5 Å². The molecule has 3 heterocycles. The van der Waals surface area contributed by atoms with Crippen LogP contribution >= 0.6 is 22.7 Å². The largest absolute Gasteiger partial charge is 0.273 e. The first kappa shape index (κ1) is 15.2. The Labute approximate surface area is 136 Å². The third-order valence-electron chi connectivity index (χ3n) is 3.21. The number of fused-ring (bicyclic) bond motifs is 1. The number of anilines is 1. The second-order valence-corrected chi connectivity index (χ2v) is 8.66. The molecule has 0 aliphatic carbocycles. The molecule has 0 spiro atoms. The number of sulfonamides is 1. The smallest absolute Gasteiger partial charge is 0.245 e. The van der Waals surface area contributed by atoms with Gasteiger partial charge in [0.2, 0.25) is 15.9 Å². The number of hydrogen-bond acceptors (Lipinski definition) is 6. The van der Waals surface area contributed by atoms with Gasteiger partial charge in [-0.15, -0.1) is 22.7 Å². The molecule has 116 valence electrons. The number of nitrogens with zero attached hydrogens (tertiary/aromatic N) is 2. The lowest BCUT2D eigenvalue weighted by Gasteiger charge is -2.25. The van der Waals surface area contributed by atoms with Gasteiger partial charge in [-0.3, -0.25) is 9.10 Å². The van der Waals surface area contributed by atoms with Crippen LogP contribution in [0.1, 0.15) is 9.75 Å². The molecular weight excluding hydrogens is 342 g/mol. The van der Waals surface area contributed by atoms with Crippen LogP contribution in [0.4, 0.5) is 5.69 Å². The van der Waals surface area contributed by atoms with Gasteiger partial charge in [0, 0.05) is 11.9 Å². The predicted molar refractivity (Wildman–Crippen MR) is 89.2 cm³/mol. The lowest BCUT2D eigenvalue weighted by atomic mass is 10.3. The zero-order chi connectivity index (χ0) is 15.7. The van der Waals surface area contributed by atoms with Crippen LogP contribution in [0.15, 0.2) is 34.1 Å². The van der Waals surface area contributed by atoms with Crippen molar-refractivity contribution in [3.8, 4) is 0 Å². The molecule has 1 aliphatic rings. The van der Waals surface area contributed by atoms with E-state index >= 15 is 0 Å². The highest BCUT2D eigenvalue weighted by atomic mass is 32.2. The molecule has 1 amide bonds. The maximum absolute atomic E-state index is 12.1. The monoisotopic (exact) mass is 355 g/mol. The van der Waals surface area contributed by atoms with E-state index in [1.165, 1.54) is 34.0 Å². The molecule has 6 nitrogen and oxygen atoms in total. The zero-order valence-electron chi connectivity index (χ0n) is 11.6. The van der Waals surface area contributed by atoms with Crippen molar-refractivity contribution in [1.82, 2.24) is 5.43 Å². The van der Waals surface area contributed by atoms with Gasteiger partial charge in [0.05, 0.1) is 22.7 Å². The normalized spacial score (nSPS) is 18.2. The van der Waals surface area contributed by atoms with Gasteiger partial charge in [-0.25, -0.2) is 13.8 Å². The summed E-state index contributed by atoms with van der Waals surface area (Å²) in [6, 6.07) is 5.48. The molecule has 2 aromatic heterocycles. The van der Waals surface area contributed by atoms with E-state index in [-0.39, 0.29) is 18.1 Å². The van der Waals surface area contributed by atoms with Crippen LogP contribution in [-0.2, 0) is 21.2 Å². The number of hydrogen-bond donors (Lipinski definition) is 1. The molecule has 0 saturated heterocycles. The quantitative estimate of drug-likeness (QED) is 0.851. The van der Waals surface area contributed by atoms with Gasteiger partial charge in [0.15, 0.2) is 0 Å². The van der Waals surface area contributed by atoms with Crippen molar-refractivity contribution in [2.45, 2.75) is 6.42 Å². The highest BCUT2D eigenvalue weighted by molar-refractivity contribution is 7.93. The molecule has 9 heteroatoms. The molecular formula is C13H13N3O3S3. The lowest BCUT2D eigenvalue weighted by Crippen LogP contribution is -2.38. The summed E-state index contributed by atoms with van der Waals surface area (Å²) in [5.74, 6) is -0.472. The number of amides is 1. The molecule has 0 saturated carbocycles. The fourth-order valence-corrected chi connectivity index (χ4v) is 5.04. The van der Waals surface area contributed by atoms with Gasteiger partial charge in [0.25, 0.3) is 0 Å². The molecule has 0 aromatic carbocycles. The van der Waals surface area contributed by atoms with Crippen LogP contribution in [0.25, 0.3) is 0 Å². The molecule has 0 unspecified atom stereocenters. The summed E-state index contributed by atoms with van der Waals surface area (Å²) in [5.41, 5.74) is 3.43. The summed E-state index contributed by atoms with van der Waals surface area (Å²) in [6.07, 6.45) is 0.235. The van der Waals surface area contributed by atoms with Gasteiger partial charge in [-0.2, -0.15) is 5.10 Å². The Morgan fingerprint density at radius 1 is 1.36 bits per heavy atom. The van der Waals surface area contributed by atoms with Crippen molar-refractivity contribution in [3.63, 3.8) is 0 Å². The molecule has 22 heavy (non-hydrogen) atoms. The predicted octanol–water partition coefficient (Wildman–Crippen LogP) is 1.65. The van der Waals surface area contributed by atoms with Gasteiger partial charge in [-0.1, -0.05) is 6.07 Å². The molecule has 0 radical (unpaired) electrons. The van der Waals surface area contributed by atoms with Gasteiger partial charge >= 0.3 is 0 Å². The van der Waals surface area contributed by atoms with E-state index in [9.17, 15) is 13.2 Å². The van der Waals surface area contributed by atoms with Crippen LogP contribution in [0, 0.1) is 0 Å². The van der Waals surface area contributed by atoms with Crippen molar-refractivity contribution in [1.29, 1.82) is 0 Å². The van der Waals surface area contributed by atoms with Crippen LogP contribution < -0.4 is 9.73 Å². The minimum atomic E-state index is -3.43. The minimum Gasteiger partial charge on any atom is -0.273 e. The van der Waals surface area contributed by atoms with E-state index in [1.807, 2.05) is 22.9 Å². The van der Waals surface area contributed by atoms with Crippen molar-refractivity contribution in [2.24, 2.45) is 5.10 Å². The Hall–Kier alpha value is -1.71. The van der Waals surface area contributed by atoms with Crippen molar-refractivity contribution in [3.05, 3.63) is 38.7 Å². The number of nitrogens with one attached hydrogen (secondary N) is 1.